The van der Waals surface area contributed by atoms with Gasteiger partial charge in [0, 0.05) is 0 Å². The summed E-state index contributed by atoms with van der Waals surface area (Å²) in [4.78, 5) is 10.0. The van der Waals surface area contributed by atoms with Crippen LogP contribution in [-0.4, -0.2) is 57.7 Å². The van der Waals surface area contributed by atoms with Gasteiger partial charge in [-0.05, 0) is 0 Å². The van der Waals surface area contributed by atoms with E-state index in [9.17, 15) is 4.79 Å². The lowest BCUT2D eigenvalue weighted by atomic mass is 10.0. The Morgan fingerprint density at radius 2 is 1.75 bits per heavy atom. The zero-order chi connectivity index (χ0) is 9.72. The normalized spacial score (nSPS) is 21.1. The van der Waals surface area contributed by atoms with Gasteiger partial charge in [-0.3, -0.25) is 0 Å². The maximum Gasteiger partial charge on any atom is 0.139 e. The molecule has 0 aliphatic carbocycles. The molecule has 0 heterocycles. The Morgan fingerprint density at radius 1 is 1.25 bits per heavy atom. The van der Waals surface area contributed by atoms with Crippen LogP contribution in [0.4, 0.5) is 0 Å². The summed E-state index contributed by atoms with van der Waals surface area (Å²) in [5.74, 6) is 0. The smallest absolute Gasteiger partial charge is 0.139 e. The van der Waals surface area contributed by atoms with E-state index in [4.69, 9.17) is 26.2 Å². The molecule has 0 saturated heterocycles. The molecule has 0 aromatic rings. The fourth-order valence-corrected chi connectivity index (χ4v) is 0.644. The molecule has 0 aliphatic rings. The standard InChI is InChI=1S/C6H13NO5/c7-3(1-8)5(11)6(12)4(10)2-9/h1,3-6,9-12H,2,7H2/t3-,4+,5+,6+/m1/s1. The molecule has 0 aromatic carbocycles. The van der Waals surface area contributed by atoms with Gasteiger partial charge in [0.15, 0.2) is 0 Å². The van der Waals surface area contributed by atoms with E-state index in [1.165, 1.54) is 0 Å². The van der Waals surface area contributed by atoms with Gasteiger partial charge in [-0.15, -0.1) is 0 Å². The Balaban J connectivity index is 4.07. The van der Waals surface area contributed by atoms with Crippen molar-refractivity contribution in [3.8, 4) is 0 Å². The second-order valence-corrected chi connectivity index (χ2v) is 2.44. The monoisotopic (exact) mass is 179 g/mol. The van der Waals surface area contributed by atoms with Crippen LogP contribution in [0.5, 0.6) is 0 Å². The molecule has 4 atom stereocenters. The van der Waals surface area contributed by atoms with Crippen molar-refractivity contribution in [3.05, 3.63) is 0 Å². The third kappa shape index (κ3) is 2.84. The average molecular weight is 179 g/mol. The number of carbonyl (C=O) groups is 1. The lowest BCUT2D eigenvalue weighted by molar-refractivity contribution is -0.118. The first-order chi connectivity index (χ1) is 5.54. The zero-order valence-corrected chi connectivity index (χ0v) is 6.37. The van der Waals surface area contributed by atoms with E-state index in [2.05, 4.69) is 0 Å². The van der Waals surface area contributed by atoms with Gasteiger partial charge in [-0.2, -0.15) is 0 Å². The van der Waals surface area contributed by atoms with E-state index in [1.54, 1.807) is 0 Å². The lowest BCUT2D eigenvalue weighted by Crippen LogP contribution is -2.49. The summed E-state index contributed by atoms with van der Waals surface area (Å²) in [7, 11) is 0. The molecule has 12 heavy (non-hydrogen) atoms. The van der Waals surface area contributed by atoms with Gasteiger partial charge in [0.05, 0.1) is 12.6 Å². The molecule has 6 nitrogen and oxygen atoms in total. The fraction of sp³-hybridized carbons (Fsp3) is 0.833. The molecule has 6 N–H and O–H groups in total. The maximum atomic E-state index is 10.0. The summed E-state index contributed by atoms with van der Waals surface area (Å²) in [5.41, 5.74) is 5.04. The van der Waals surface area contributed by atoms with Crippen molar-refractivity contribution in [1.82, 2.24) is 0 Å². The van der Waals surface area contributed by atoms with Crippen molar-refractivity contribution < 1.29 is 25.2 Å². The number of carbonyl (C=O) groups excluding carboxylic acids is 1. The number of hydrogen-bond donors (Lipinski definition) is 5. The number of nitrogens with two attached hydrogens (primary N) is 1. The highest BCUT2D eigenvalue weighted by Crippen LogP contribution is 2.01. The Labute approximate surface area is 69.2 Å². The highest BCUT2D eigenvalue weighted by molar-refractivity contribution is 5.58. The first kappa shape index (κ1) is 11.5. The van der Waals surface area contributed by atoms with E-state index >= 15 is 0 Å². The number of rotatable bonds is 5. The minimum Gasteiger partial charge on any atom is -0.394 e. The number of hydrogen-bond acceptors (Lipinski definition) is 6. The molecule has 0 unspecified atom stereocenters. The second kappa shape index (κ2) is 5.18. The summed E-state index contributed by atoms with van der Waals surface area (Å²) in [6.45, 7) is -0.705. The van der Waals surface area contributed by atoms with Crippen molar-refractivity contribution in [2.24, 2.45) is 5.73 Å². The molecule has 0 rings (SSSR count). The molecule has 72 valence electrons. The van der Waals surface area contributed by atoms with Crippen molar-refractivity contribution in [2.75, 3.05) is 6.61 Å². The molecule has 0 radical (unpaired) electrons. The predicted octanol–water partition coefficient (Wildman–Crippen LogP) is -3.41. The van der Waals surface area contributed by atoms with Crippen LogP contribution in [0, 0.1) is 0 Å². The Bertz CT molecular complexity index is 142. The highest BCUT2D eigenvalue weighted by atomic mass is 16.4. The van der Waals surface area contributed by atoms with Gasteiger partial charge in [0.2, 0.25) is 0 Å². The Hall–Kier alpha value is -0.530. The molecular weight excluding hydrogens is 166 g/mol. The van der Waals surface area contributed by atoms with Crippen LogP contribution in [0.2, 0.25) is 0 Å². The van der Waals surface area contributed by atoms with E-state index < -0.39 is 31.0 Å². The van der Waals surface area contributed by atoms with E-state index in [0.717, 1.165) is 0 Å². The van der Waals surface area contributed by atoms with Crippen LogP contribution in [0.1, 0.15) is 0 Å². The number of aliphatic hydroxyl groups excluding tert-OH is 4. The van der Waals surface area contributed by atoms with Gasteiger partial charge in [-0.1, -0.05) is 0 Å². The third-order valence-corrected chi connectivity index (χ3v) is 1.48. The second-order valence-electron chi connectivity index (χ2n) is 2.44. The van der Waals surface area contributed by atoms with E-state index in [0.29, 0.717) is 0 Å². The summed E-state index contributed by atoms with van der Waals surface area (Å²) >= 11 is 0. The van der Waals surface area contributed by atoms with Crippen LogP contribution in [-0.2, 0) is 4.79 Å². The van der Waals surface area contributed by atoms with Crippen molar-refractivity contribution in [1.29, 1.82) is 0 Å². The van der Waals surface area contributed by atoms with Gasteiger partial charge in [0.25, 0.3) is 0 Å². The molecule has 0 bridgehead atoms. The molecule has 0 aliphatic heterocycles. The average Bonchev–Trinajstić information content (AvgIpc) is 2.12. The quantitative estimate of drug-likeness (QED) is 0.280. The SMILES string of the molecule is N[C@H](C=O)[C@H](O)[C@@H](O)[C@@H](O)CO. The van der Waals surface area contributed by atoms with Gasteiger partial charge < -0.3 is 31.0 Å². The molecule has 0 amide bonds. The van der Waals surface area contributed by atoms with Gasteiger partial charge in [-0.25, -0.2) is 0 Å². The first-order valence-electron chi connectivity index (χ1n) is 3.40. The Morgan fingerprint density at radius 3 is 2.08 bits per heavy atom. The zero-order valence-electron chi connectivity index (χ0n) is 6.37. The molecule has 0 saturated carbocycles. The summed E-state index contributed by atoms with van der Waals surface area (Å²) in [6.07, 6.45) is -4.43. The van der Waals surface area contributed by atoms with E-state index in [-0.39, 0.29) is 6.29 Å². The van der Waals surface area contributed by atoms with Crippen molar-refractivity contribution >= 4 is 6.29 Å². The molecule has 0 spiro atoms. The maximum absolute atomic E-state index is 10.0. The Kier molecular flexibility index (Phi) is 4.95. The van der Waals surface area contributed by atoms with Gasteiger partial charge >= 0.3 is 0 Å². The first-order valence-corrected chi connectivity index (χ1v) is 3.40. The van der Waals surface area contributed by atoms with Crippen molar-refractivity contribution in [2.45, 2.75) is 24.4 Å². The minimum atomic E-state index is -1.62. The third-order valence-electron chi connectivity index (χ3n) is 1.48. The van der Waals surface area contributed by atoms with Crippen LogP contribution in [0.3, 0.4) is 0 Å². The summed E-state index contributed by atoms with van der Waals surface area (Å²) in [5, 5.41) is 35.2. The fourth-order valence-electron chi connectivity index (χ4n) is 0.644. The highest BCUT2D eigenvalue weighted by Gasteiger charge is 2.28. The van der Waals surface area contributed by atoms with Crippen LogP contribution < -0.4 is 5.73 Å². The minimum absolute atomic E-state index is 0.248. The predicted molar refractivity (Wildman–Crippen MR) is 39.1 cm³/mol. The largest absolute Gasteiger partial charge is 0.394 e. The van der Waals surface area contributed by atoms with Crippen LogP contribution in [0.25, 0.3) is 0 Å². The molecule has 0 aromatic heterocycles. The number of aliphatic hydroxyl groups is 4. The molecule has 6 heteroatoms. The van der Waals surface area contributed by atoms with Gasteiger partial charge in [0.1, 0.15) is 24.6 Å². The van der Waals surface area contributed by atoms with Crippen molar-refractivity contribution in [3.63, 3.8) is 0 Å². The number of aldehydes is 1. The topological polar surface area (TPSA) is 124 Å². The summed E-state index contributed by atoms with van der Waals surface area (Å²) < 4.78 is 0. The molecule has 0 fully saturated rings. The molecular formula is C6H13NO5. The summed E-state index contributed by atoms with van der Waals surface area (Å²) in [6, 6.07) is -1.26. The van der Waals surface area contributed by atoms with Crippen LogP contribution >= 0.6 is 0 Å². The lowest BCUT2D eigenvalue weighted by Gasteiger charge is -2.23. The van der Waals surface area contributed by atoms with Crippen LogP contribution in [0.15, 0.2) is 0 Å². The van der Waals surface area contributed by atoms with E-state index in [1.807, 2.05) is 0 Å².